The van der Waals surface area contributed by atoms with E-state index in [1.807, 2.05) is 6.92 Å². The highest BCUT2D eigenvalue weighted by Gasteiger charge is 2.42. The van der Waals surface area contributed by atoms with Crippen LogP contribution in [0.25, 0.3) is 0 Å². The zero-order valence-corrected chi connectivity index (χ0v) is 11.9. The van der Waals surface area contributed by atoms with Crippen molar-refractivity contribution >= 4 is 17.7 Å². The van der Waals surface area contributed by atoms with Gasteiger partial charge in [-0.25, -0.2) is 0 Å². The first-order chi connectivity index (χ1) is 8.64. The van der Waals surface area contributed by atoms with Gasteiger partial charge in [-0.15, -0.1) is 11.8 Å². The lowest BCUT2D eigenvalue weighted by atomic mass is 9.98. The van der Waals surface area contributed by atoms with Crippen molar-refractivity contribution in [2.24, 2.45) is 5.92 Å². The van der Waals surface area contributed by atoms with Gasteiger partial charge in [0.1, 0.15) is 5.54 Å². The summed E-state index contributed by atoms with van der Waals surface area (Å²) in [5, 5.41) is 12.8. The van der Waals surface area contributed by atoms with E-state index < -0.39 is 5.54 Å². The third kappa shape index (κ3) is 3.65. The molecule has 100 valence electrons. The van der Waals surface area contributed by atoms with Crippen LogP contribution >= 0.6 is 11.8 Å². The normalized spacial score (nSPS) is 24.0. The lowest BCUT2D eigenvalue weighted by Gasteiger charge is -2.24. The van der Waals surface area contributed by atoms with E-state index in [9.17, 15) is 10.1 Å². The molecule has 0 bridgehead atoms. The minimum atomic E-state index is -0.635. The van der Waals surface area contributed by atoms with E-state index in [4.69, 9.17) is 0 Å². The quantitative estimate of drug-likeness (QED) is 0.832. The summed E-state index contributed by atoms with van der Waals surface area (Å²) in [5.74, 6) is 0.905. The van der Waals surface area contributed by atoms with Gasteiger partial charge in [-0.1, -0.05) is 19.3 Å². The predicted molar refractivity (Wildman–Crippen MR) is 74.2 cm³/mol. The third-order valence-corrected chi connectivity index (χ3v) is 5.40. The second-order valence-electron chi connectivity index (χ2n) is 5.71. The molecule has 1 N–H and O–H groups in total. The van der Waals surface area contributed by atoms with Crippen molar-refractivity contribution < 1.29 is 4.79 Å². The van der Waals surface area contributed by atoms with Crippen LogP contribution in [0.15, 0.2) is 0 Å². The first kappa shape index (κ1) is 13.7. The number of hydrogen-bond donors (Lipinski definition) is 1. The number of nitriles is 1. The number of carbonyl (C=O) groups excluding carboxylic acids is 1. The largest absolute Gasteiger partial charge is 0.337 e. The molecule has 0 radical (unpaired) electrons. The van der Waals surface area contributed by atoms with Crippen molar-refractivity contribution in [1.29, 1.82) is 5.26 Å². The van der Waals surface area contributed by atoms with Gasteiger partial charge < -0.3 is 5.32 Å². The fraction of sp³-hybridized carbons (Fsp3) is 0.857. The number of nitrogens with zero attached hydrogens (tertiary/aromatic N) is 1. The molecular formula is C14H22N2OS. The highest BCUT2D eigenvalue weighted by atomic mass is 32.2. The fourth-order valence-electron chi connectivity index (χ4n) is 2.63. The van der Waals surface area contributed by atoms with E-state index in [1.54, 1.807) is 11.8 Å². The van der Waals surface area contributed by atoms with Crippen molar-refractivity contribution in [2.75, 3.05) is 5.75 Å². The van der Waals surface area contributed by atoms with Crippen LogP contribution in [0.2, 0.25) is 0 Å². The van der Waals surface area contributed by atoms with Crippen molar-refractivity contribution in [3.8, 4) is 6.07 Å². The molecule has 0 aliphatic heterocycles. The standard InChI is InChI=1S/C14H22N2OS/c1-14(10-15,11-7-8-11)16-13(17)9-18-12-5-3-2-4-6-12/h11-12H,2-9H2,1H3,(H,16,17). The Morgan fingerprint density at radius 3 is 2.56 bits per heavy atom. The Bertz CT molecular complexity index is 342. The monoisotopic (exact) mass is 266 g/mol. The lowest BCUT2D eigenvalue weighted by Crippen LogP contribution is -2.47. The van der Waals surface area contributed by atoms with Crippen LogP contribution in [0, 0.1) is 17.2 Å². The summed E-state index contributed by atoms with van der Waals surface area (Å²) in [5.41, 5.74) is -0.635. The van der Waals surface area contributed by atoms with Crippen LogP contribution < -0.4 is 5.32 Å². The van der Waals surface area contributed by atoms with Gasteiger partial charge in [-0.3, -0.25) is 4.79 Å². The Kier molecular flexibility index (Phi) is 4.55. The molecule has 2 aliphatic carbocycles. The van der Waals surface area contributed by atoms with Gasteiger partial charge in [0, 0.05) is 5.25 Å². The van der Waals surface area contributed by atoms with Gasteiger partial charge in [0.15, 0.2) is 0 Å². The van der Waals surface area contributed by atoms with Crippen molar-refractivity contribution in [2.45, 2.75) is 62.7 Å². The molecule has 0 saturated heterocycles. The van der Waals surface area contributed by atoms with Gasteiger partial charge in [-0.05, 0) is 38.5 Å². The zero-order chi connectivity index (χ0) is 13.0. The van der Waals surface area contributed by atoms with E-state index in [-0.39, 0.29) is 5.91 Å². The van der Waals surface area contributed by atoms with Gasteiger partial charge in [-0.2, -0.15) is 5.26 Å². The van der Waals surface area contributed by atoms with E-state index >= 15 is 0 Å². The zero-order valence-electron chi connectivity index (χ0n) is 11.1. The van der Waals surface area contributed by atoms with Crippen molar-refractivity contribution in [3.63, 3.8) is 0 Å². The summed E-state index contributed by atoms with van der Waals surface area (Å²) < 4.78 is 0. The SMILES string of the molecule is CC(C#N)(NC(=O)CSC1CCCCC1)C1CC1. The minimum absolute atomic E-state index is 0.0292. The van der Waals surface area contributed by atoms with E-state index in [1.165, 1.54) is 32.1 Å². The number of hydrogen-bond acceptors (Lipinski definition) is 3. The van der Waals surface area contributed by atoms with Gasteiger partial charge in [0.05, 0.1) is 11.8 Å². The maximum atomic E-state index is 11.9. The number of nitrogens with one attached hydrogen (secondary N) is 1. The van der Waals surface area contributed by atoms with Gasteiger partial charge >= 0.3 is 0 Å². The molecule has 3 nitrogen and oxygen atoms in total. The van der Waals surface area contributed by atoms with Crippen molar-refractivity contribution in [3.05, 3.63) is 0 Å². The topological polar surface area (TPSA) is 52.9 Å². The van der Waals surface area contributed by atoms with E-state index in [2.05, 4.69) is 11.4 Å². The van der Waals surface area contributed by atoms with Crippen LogP contribution in [0.1, 0.15) is 51.9 Å². The van der Waals surface area contributed by atoms with Gasteiger partial charge in [0.25, 0.3) is 0 Å². The summed E-state index contributed by atoms with van der Waals surface area (Å²) in [6, 6.07) is 2.27. The van der Waals surface area contributed by atoms with E-state index in [0.29, 0.717) is 16.9 Å². The first-order valence-electron chi connectivity index (χ1n) is 6.98. The highest BCUT2D eigenvalue weighted by Crippen LogP contribution is 2.39. The Morgan fingerprint density at radius 1 is 1.33 bits per heavy atom. The van der Waals surface area contributed by atoms with E-state index in [0.717, 1.165) is 12.8 Å². The summed E-state index contributed by atoms with van der Waals surface area (Å²) in [6.07, 6.45) is 8.58. The smallest absolute Gasteiger partial charge is 0.231 e. The number of amides is 1. The highest BCUT2D eigenvalue weighted by molar-refractivity contribution is 8.00. The molecule has 0 aromatic heterocycles. The Hall–Kier alpha value is -0.690. The lowest BCUT2D eigenvalue weighted by molar-refractivity contribution is -0.119. The van der Waals surface area contributed by atoms with Crippen molar-refractivity contribution in [1.82, 2.24) is 5.32 Å². The molecule has 1 unspecified atom stereocenters. The molecule has 1 amide bonds. The molecule has 18 heavy (non-hydrogen) atoms. The Labute approximate surface area is 114 Å². The van der Waals surface area contributed by atoms with Crippen LogP contribution in [0.3, 0.4) is 0 Å². The second-order valence-corrected chi connectivity index (χ2v) is 7.00. The Balaban J connectivity index is 1.72. The average molecular weight is 266 g/mol. The molecule has 2 rings (SSSR count). The molecular weight excluding hydrogens is 244 g/mol. The van der Waals surface area contributed by atoms with Crippen LogP contribution in [-0.4, -0.2) is 22.4 Å². The molecule has 4 heteroatoms. The molecule has 2 aliphatic rings. The predicted octanol–water partition coefficient (Wildman–Crippen LogP) is 2.86. The Morgan fingerprint density at radius 2 is 2.00 bits per heavy atom. The number of carbonyl (C=O) groups is 1. The number of rotatable bonds is 5. The summed E-state index contributed by atoms with van der Waals surface area (Å²) in [4.78, 5) is 11.9. The molecule has 0 spiro atoms. The summed E-state index contributed by atoms with van der Waals surface area (Å²) in [7, 11) is 0. The second kappa shape index (κ2) is 5.97. The van der Waals surface area contributed by atoms with Crippen LogP contribution in [-0.2, 0) is 4.79 Å². The average Bonchev–Trinajstić information content (AvgIpc) is 3.22. The third-order valence-electron chi connectivity index (χ3n) is 4.03. The maximum absolute atomic E-state index is 11.9. The molecule has 2 fully saturated rings. The fourth-order valence-corrected chi connectivity index (χ4v) is 3.76. The summed E-state index contributed by atoms with van der Waals surface area (Å²) >= 11 is 1.77. The number of thioether (sulfide) groups is 1. The first-order valence-corrected chi connectivity index (χ1v) is 8.03. The minimum Gasteiger partial charge on any atom is -0.337 e. The summed E-state index contributed by atoms with van der Waals surface area (Å²) in [6.45, 7) is 1.86. The van der Waals surface area contributed by atoms with Crippen LogP contribution in [0.5, 0.6) is 0 Å². The molecule has 0 aromatic rings. The van der Waals surface area contributed by atoms with Gasteiger partial charge in [0.2, 0.25) is 5.91 Å². The molecule has 2 saturated carbocycles. The molecule has 0 aromatic carbocycles. The van der Waals surface area contributed by atoms with Crippen LogP contribution in [0.4, 0.5) is 0 Å². The molecule has 0 heterocycles. The molecule has 1 atom stereocenters. The maximum Gasteiger partial charge on any atom is 0.231 e.